The molecule has 1 aromatic carbocycles. The van der Waals surface area contributed by atoms with Crippen LogP contribution in [0, 0.1) is 0 Å². The van der Waals surface area contributed by atoms with Gasteiger partial charge in [0.05, 0.1) is 6.61 Å². The highest BCUT2D eigenvalue weighted by molar-refractivity contribution is 5.78. The third-order valence-corrected chi connectivity index (χ3v) is 5.16. The van der Waals surface area contributed by atoms with E-state index in [2.05, 4.69) is 11.9 Å². The predicted octanol–water partition coefficient (Wildman–Crippen LogP) is 2.59. The quantitative estimate of drug-likeness (QED) is 0.784. The van der Waals surface area contributed by atoms with Gasteiger partial charge in [-0.2, -0.15) is 0 Å². The van der Waals surface area contributed by atoms with E-state index in [1.54, 1.807) is 7.11 Å². The van der Waals surface area contributed by atoms with Crippen LogP contribution in [-0.2, 0) is 14.3 Å². The molecule has 4 nitrogen and oxygen atoms in total. The Kier molecular flexibility index (Phi) is 4.79. The molecule has 0 saturated carbocycles. The first kappa shape index (κ1) is 15.5. The van der Waals surface area contributed by atoms with Crippen LogP contribution in [0.15, 0.2) is 30.3 Å². The van der Waals surface area contributed by atoms with Crippen LogP contribution in [0.3, 0.4) is 0 Å². The number of carbonyl (C=O) groups is 1. The smallest absolute Gasteiger partial charge is 0.316 e. The molecule has 2 heterocycles. The summed E-state index contributed by atoms with van der Waals surface area (Å²) >= 11 is 0. The zero-order valence-electron chi connectivity index (χ0n) is 13.4. The average Bonchev–Trinajstić information content (AvgIpc) is 2.75. The van der Waals surface area contributed by atoms with Crippen LogP contribution in [0.2, 0.25) is 0 Å². The Bertz CT molecular complexity index is 490. The Hall–Kier alpha value is -1.39. The van der Waals surface area contributed by atoms with E-state index in [-0.39, 0.29) is 18.0 Å². The van der Waals surface area contributed by atoms with E-state index in [1.807, 2.05) is 30.3 Å². The van der Waals surface area contributed by atoms with E-state index in [4.69, 9.17) is 9.47 Å². The first-order chi connectivity index (χ1) is 10.7. The maximum Gasteiger partial charge on any atom is 0.316 e. The van der Waals surface area contributed by atoms with E-state index in [0.29, 0.717) is 18.7 Å². The second-order valence-electron chi connectivity index (χ2n) is 6.50. The van der Waals surface area contributed by atoms with E-state index in [0.717, 1.165) is 18.4 Å². The van der Waals surface area contributed by atoms with Gasteiger partial charge in [0.15, 0.2) is 0 Å². The Labute approximate surface area is 132 Å². The fourth-order valence-corrected chi connectivity index (χ4v) is 3.86. The summed E-state index contributed by atoms with van der Waals surface area (Å²) in [5, 5.41) is 0. The van der Waals surface area contributed by atoms with Crippen molar-refractivity contribution in [2.45, 2.75) is 49.8 Å². The van der Waals surface area contributed by atoms with E-state index in [1.165, 1.54) is 12.8 Å². The van der Waals surface area contributed by atoms with Crippen molar-refractivity contribution in [2.75, 3.05) is 20.8 Å². The van der Waals surface area contributed by atoms with Crippen molar-refractivity contribution >= 4 is 5.97 Å². The summed E-state index contributed by atoms with van der Waals surface area (Å²) in [5.41, 5.74) is 0.963. The summed E-state index contributed by atoms with van der Waals surface area (Å²) < 4.78 is 11.1. The van der Waals surface area contributed by atoms with Gasteiger partial charge in [0.2, 0.25) is 0 Å². The van der Waals surface area contributed by atoms with Gasteiger partial charge in [-0.3, -0.25) is 4.79 Å². The summed E-state index contributed by atoms with van der Waals surface area (Å²) in [7, 11) is 3.82. The number of hydrogen-bond acceptors (Lipinski definition) is 4. The SMILES string of the molecule is COCC(C(=O)OC1CC2CCC(C1)N2C)c1ccccc1. The third-order valence-electron chi connectivity index (χ3n) is 5.16. The molecule has 4 heteroatoms. The number of esters is 1. The Balaban J connectivity index is 1.65. The summed E-state index contributed by atoms with van der Waals surface area (Å²) in [6.07, 6.45) is 4.45. The van der Waals surface area contributed by atoms with Crippen molar-refractivity contribution in [1.82, 2.24) is 4.90 Å². The second kappa shape index (κ2) is 6.80. The molecule has 0 N–H and O–H groups in total. The monoisotopic (exact) mass is 303 g/mol. The van der Waals surface area contributed by atoms with Crippen LogP contribution in [-0.4, -0.2) is 49.8 Å². The molecule has 3 atom stereocenters. The zero-order valence-corrected chi connectivity index (χ0v) is 13.4. The number of hydrogen-bond donors (Lipinski definition) is 0. The van der Waals surface area contributed by atoms with Crippen molar-refractivity contribution in [3.63, 3.8) is 0 Å². The standard InChI is InChI=1S/C18H25NO3/c1-19-14-8-9-15(19)11-16(10-14)22-18(20)17(12-21-2)13-6-4-3-5-7-13/h3-7,14-17H,8-12H2,1-2H3. The van der Waals surface area contributed by atoms with Crippen LogP contribution >= 0.6 is 0 Å². The first-order valence-electron chi connectivity index (χ1n) is 8.15. The maximum absolute atomic E-state index is 12.6. The highest BCUT2D eigenvalue weighted by Crippen LogP contribution is 2.36. The molecule has 2 aliphatic rings. The molecule has 1 aromatic rings. The fraction of sp³-hybridized carbons (Fsp3) is 0.611. The third kappa shape index (κ3) is 3.18. The molecule has 22 heavy (non-hydrogen) atoms. The van der Waals surface area contributed by atoms with Gasteiger partial charge in [0.1, 0.15) is 12.0 Å². The molecular formula is C18H25NO3. The summed E-state index contributed by atoms with van der Waals surface area (Å²) in [4.78, 5) is 15.1. The van der Waals surface area contributed by atoms with Crippen LogP contribution < -0.4 is 0 Å². The van der Waals surface area contributed by atoms with Gasteiger partial charge in [0.25, 0.3) is 0 Å². The van der Waals surface area contributed by atoms with Crippen molar-refractivity contribution in [3.8, 4) is 0 Å². The summed E-state index contributed by atoms with van der Waals surface area (Å²) in [6.45, 7) is 0.363. The van der Waals surface area contributed by atoms with Crippen LogP contribution in [0.1, 0.15) is 37.2 Å². The minimum Gasteiger partial charge on any atom is -0.462 e. The number of carbonyl (C=O) groups excluding carboxylic acids is 1. The van der Waals surface area contributed by atoms with Gasteiger partial charge in [-0.25, -0.2) is 0 Å². The lowest BCUT2D eigenvalue weighted by molar-refractivity contribution is -0.155. The number of fused-ring (bicyclic) bond motifs is 2. The van der Waals surface area contributed by atoms with Crippen molar-refractivity contribution in [3.05, 3.63) is 35.9 Å². The topological polar surface area (TPSA) is 38.8 Å². The molecule has 2 fully saturated rings. The highest BCUT2D eigenvalue weighted by Gasteiger charge is 2.40. The molecule has 2 aliphatic heterocycles. The minimum absolute atomic E-state index is 0.0595. The largest absolute Gasteiger partial charge is 0.462 e. The fourth-order valence-electron chi connectivity index (χ4n) is 3.86. The summed E-state index contributed by atoms with van der Waals surface area (Å²) in [6, 6.07) is 10.9. The van der Waals surface area contributed by atoms with Gasteiger partial charge in [-0.15, -0.1) is 0 Å². The Morgan fingerprint density at radius 3 is 2.45 bits per heavy atom. The van der Waals surface area contributed by atoms with Gasteiger partial charge in [-0.05, 0) is 38.3 Å². The van der Waals surface area contributed by atoms with Gasteiger partial charge >= 0.3 is 5.97 Å². The molecule has 3 unspecified atom stereocenters. The van der Waals surface area contributed by atoms with E-state index < -0.39 is 0 Å². The number of benzene rings is 1. The number of piperidine rings is 1. The normalized spacial score (nSPS) is 29.3. The molecule has 0 radical (unpaired) electrons. The predicted molar refractivity (Wildman–Crippen MR) is 84.7 cm³/mol. The molecule has 0 spiro atoms. The number of ether oxygens (including phenoxy) is 2. The number of nitrogens with zero attached hydrogens (tertiary/aromatic N) is 1. The molecule has 0 aromatic heterocycles. The minimum atomic E-state index is -0.330. The van der Waals surface area contributed by atoms with E-state index >= 15 is 0 Å². The van der Waals surface area contributed by atoms with Crippen LogP contribution in [0.25, 0.3) is 0 Å². The molecule has 2 bridgehead atoms. The molecule has 2 saturated heterocycles. The lowest BCUT2D eigenvalue weighted by Crippen LogP contribution is -2.43. The molecule has 0 amide bonds. The number of rotatable bonds is 5. The Morgan fingerprint density at radius 1 is 1.23 bits per heavy atom. The molecule has 3 rings (SSSR count). The van der Waals surface area contributed by atoms with Crippen molar-refractivity contribution in [1.29, 1.82) is 0 Å². The Morgan fingerprint density at radius 2 is 1.86 bits per heavy atom. The first-order valence-corrected chi connectivity index (χ1v) is 8.15. The number of methoxy groups -OCH3 is 1. The van der Waals surface area contributed by atoms with Gasteiger partial charge in [-0.1, -0.05) is 30.3 Å². The maximum atomic E-state index is 12.6. The van der Waals surface area contributed by atoms with Gasteiger partial charge < -0.3 is 14.4 Å². The van der Waals surface area contributed by atoms with Gasteiger partial charge in [0, 0.05) is 19.2 Å². The van der Waals surface area contributed by atoms with Crippen LogP contribution in [0.5, 0.6) is 0 Å². The molecule has 120 valence electrons. The zero-order chi connectivity index (χ0) is 15.5. The average molecular weight is 303 g/mol. The molecule has 0 aliphatic carbocycles. The van der Waals surface area contributed by atoms with E-state index in [9.17, 15) is 4.79 Å². The lowest BCUT2D eigenvalue weighted by Gasteiger charge is -2.36. The summed E-state index contributed by atoms with van der Waals surface area (Å²) in [5.74, 6) is -0.481. The lowest BCUT2D eigenvalue weighted by atomic mass is 9.98. The highest BCUT2D eigenvalue weighted by atomic mass is 16.5. The van der Waals surface area contributed by atoms with Crippen LogP contribution in [0.4, 0.5) is 0 Å². The van der Waals surface area contributed by atoms with Crippen molar-refractivity contribution in [2.24, 2.45) is 0 Å². The van der Waals surface area contributed by atoms with Crippen molar-refractivity contribution < 1.29 is 14.3 Å². The molecular weight excluding hydrogens is 278 g/mol. The second-order valence-corrected chi connectivity index (χ2v) is 6.50.